The van der Waals surface area contributed by atoms with E-state index in [1.165, 1.54) is 36.7 Å². The van der Waals surface area contributed by atoms with Crippen molar-refractivity contribution in [3.05, 3.63) is 35.7 Å². The van der Waals surface area contributed by atoms with Gasteiger partial charge in [-0.15, -0.1) is 11.3 Å². The molecule has 0 atom stereocenters. The topological polar surface area (TPSA) is 122 Å². The minimum absolute atomic E-state index is 0.102. The van der Waals surface area contributed by atoms with Crippen molar-refractivity contribution in [1.82, 2.24) is 4.31 Å². The summed E-state index contributed by atoms with van der Waals surface area (Å²) in [4.78, 5) is 12.2. The fraction of sp³-hybridized carbons (Fsp3) is 0.353. The van der Waals surface area contributed by atoms with Crippen LogP contribution >= 0.6 is 11.3 Å². The number of nitrogens with one attached hydrogen (secondary N) is 2. The van der Waals surface area contributed by atoms with Crippen LogP contribution < -0.4 is 14.8 Å². The second-order valence-electron chi connectivity index (χ2n) is 6.20. The van der Waals surface area contributed by atoms with Crippen molar-refractivity contribution in [2.45, 2.75) is 17.1 Å². The van der Waals surface area contributed by atoms with Crippen LogP contribution in [0.5, 0.6) is 5.75 Å². The average Bonchev–Trinajstić information content (AvgIpc) is 3.16. The van der Waals surface area contributed by atoms with Crippen molar-refractivity contribution >= 4 is 48.7 Å². The van der Waals surface area contributed by atoms with Crippen molar-refractivity contribution in [2.75, 3.05) is 37.0 Å². The van der Waals surface area contributed by atoms with Crippen LogP contribution in [0.3, 0.4) is 0 Å². The quantitative estimate of drug-likeness (QED) is 0.559. The second kappa shape index (κ2) is 9.57. The van der Waals surface area contributed by atoms with Crippen molar-refractivity contribution in [2.24, 2.45) is 0 Å². The monoisotopic (exact) mass is 461 g/mol. The molecule has 0 radical (unpaired) electrons. The number of ether oxygens (including phenoxy) is 1. The molecule has 12 heteroatoms. The summed E-state index contributed by atoms with van der Waals surface area (Å²) in [6, 6.07) is 7.77. The number of hydrogen-bond donors (Lipinski definition) is 2. The summed E-state index contributed by atoms with van der Waals surface area (Å²) in [6.45, 7) is 0.192. The smallest absolute Gasteiger partial charge is 0.252 e. The fourth-order valence-corrected chi connectivity index (χ4v) is 5.40. The molecule has 29 heavy (non-hydrogen) atoms. The van der Waals surface area contributed by atoms with Crippen LogP contribution in [-0.4, -0.2) is 54.0 Å². The first-order chi connectivity index (χ1) is 13.5. The van der Waals surface area contributed by atoms with E-state index in [9.17, 15) is 21.6 Å². The molecule has 1 amide bonds. The molecule has 1 aromatic carbocycles. The molecule has 160 valence electrons. The van der Waals surface area contributed by atoms with Gasteiger partial charge in [0.15, 0.2) is 0 Å². The highest BCUT2D eigenvalue weighted by Gasteiger charge is 2.21. The van der Waals surface area contributed by atoms with E-state index in [-0.39, 0.29) is 28.8 Å². The van der Waals surface area contributed by atoms with Gasteiger partial charge in [0.2, 0.25) is 15.9 Å². The molecular formula is C17H23N3O6S3. The van der Waals surface area contributed by atoms with E-state index >= 15 is 0 Å². The molecule has 2 N–H and O–H groups in total. The van der Waals surface area contributed by atoms with Gasteiger partial charge in [-0.25, -0.2) is 21.1 Å². The Morgan fingerprint density at radius 1 is 1.21 bits per heavy atom. The Balaban J connectivity index is 1.93. The van der Waals surface area contributed by atoms with Crippen molar-refractivity contribution in [1.29, 1.82) is 0 Å². The first-order valence-electron chi connectivity index (χ1n) is 8.48. The number of anilines is 2. The van der Waals surface area contributed by atoms with Crippen LogP contribution in [0.15, 0.2) is 39.9 Å². The molecule has 1 aromatic heterocycles. The van der Waals surface area contributed by atoms with E-state index in [0.717, 1.165) is 17.6 Å². The van der Waals surface area contributed by atoms with E-state index in [0.29, 0.717) is 17.9 Å². The lowest BCUT2D eigenvalue weighted by Gasteiger charge is -2.16. The van der Waals surface area contributed by atoms with Crippen LogP contribution in [0.1, 0.15) is 12.8 Å². The summed E-state index contributed by atoms with van der Waals surface area (Å²) in [6.07, 6.45) is 1.45. The Kier molecular flexibility index (Phi) is 7.63. The number of hydrogen-bond acceptors (Lipinski definition) is 7. The lowest BCUT2D eigenvalue weighted by atomic mass is 10.2. The summed E-state index contributed by atoms with van der Waals surface area (Å²) in [5.74, 6) is -0.00349. The number of benzene rings is 1. The summed E-state index contributed by atoms with van der Waals surface area (Å²) in [7, 11) is -4.18. The van der Waals surface area contributed by atoms with Crippen molar-refractivity contribution < 1.29 is 26.4 Å². The van der Waals surface area contributed by atoms with Crippen LogP contribution in [0.25, 0.3) is 0 Å². The Morgan fingerprint density at radius 3 is 2.52 bits per heavy atom. The first-order valence-corrected chi connectivity index (χ1v) is 12.7. The lowest BCUT2D eigenvalue weighted by Crippen LogP contribution is -2.28. The number of sulfonamides is 2. The summed E-state index contributed by atoms with van der Waals surface area (Å²) in [5.41, 5.74) is 0.594. The molecule has 0 aliphatic carbocycles. The van der Waals surface area contributed by atoms with Gasteiger partial charge in [0.05, 0.1) is 19.1 Å². The summed E-state index contributed by atoms with van der Waals surface area (Å²) >= 11 is 1.14. The van der Waals surface area contributed by atoms with Crippen LogP contribution in [0.4, 0.5) is 11.4 Å². The number of methoxy groups -OCH3 is 1. The fourth-order valence-electron chi connectivity index (χ4n) is 2.44. The molecule has 1 heterocycles. The van der Waals surface area contributed by atoms with Gasteiger partial charge in [-0.05, 0) is 36.1 Å². The molecule has 2 rings (SSSR count). The maximum Gasteiger partial charge on any atom is 0.252 e. The number of nitrogens with zero attached hydrogens (tertiary/aromatic N) is 1. The lowest BCUT2D eigenvalue weighted by molar-refractivity contribution is -0.116. The van der Waals surface area contributed by atoms with Gasteiger partial charge < -0.3 is 10.1 Å². The van der Waals surface area contributed by atoms with E-state index < -0.39 is 20.0 Å². The summed E-state index contributed by atoms with van der Waals surface area (Å²) < 4.78 is 56.5. The largest absolute Gasteiger partial charge is 0.495 e. The molecule has 0 fully saturated rings. The Hall–Kier alpha value is -2.15. The number of rotatable bonds is 10. The van der Waals surface area contributed by atoms with Crippen LogP contribution in [-0.2, 0) is 24.8 Å². The minimum Gasteiger partial charge on any atom is -0.495 e. The Labute approximate surface area is 174 Å². The maximum absolute atomic E-state index is 12.3. The van der Waals surface area contributed by atoms with E-state index in [1.807, 2.05) is 0 Å². The highest BCUT2D eigenvalue weighted by molar-refractivity contribution is 7.92. The molecular weight excluding hydrogens is 438 g/mol. The molecule has 0 bridgehead atoms. The van der Waals surface area contributed by atoms with E-state index in [4.69, 9.17) is 4.74 Å². The van der Waals surface area contributed by atoms with Gasteiger partial charge in [0.25, 0.3) is 10.0 Å². The van der Waals surface area contributed by atoms with Crippen LogP contribution in [0, 0.1) is 0 Å². The van der Waals surface area contributed by atoms with Gasteiger partial charge in [-0.3, -0.25) is 9.52 Å². The van der Waals surface area contributed by atoms with Gasteiger partial charge >= 0.3 is 0 Å². The zero-order chi connectivity index (χ0) is 21.7. The number of thiophene rings is 1. The molecule has 0 saturated heterocycles. The van der Waals surface area contributed by atoms with Gasteiger partial charge in [0, 0.05) is 25.7 Å². The highest BCUT2D eigenvalue weighted by atomic mass is 32.2. The minimum atomic E-state index is -3.54. The zero-order valence-electron chi connectivity index (χ0n) is 16.2. The highest BCUT2D eigenvalue weighted by Crippen LogP contribution is 2.28. The van der Waals surface area contributed by atoms with Crippen LogP contribution in [0.2, 0.25) is 0 Å². The molecule has 0 unspecified atom stereocenters. The van der Waals surface area contributed by atoms with E-state index in [2.05, 4.69) is 10.0 Å². The molecule has 9 nitrogen and oxygen atoms in total. The number of carbonyl (C=O) groups is 1. The van der Waals surface area contributed by atoms with Crippen molar-refractivity contribution in [3.63, 3.8) is 0 Å². The number of carbonyl (C=O) groups excluding carboxylic acids is 1. The normalized spacial score (nSPS) is 12.0. The molecule has 0 saturated carbocycles. The maximum atomic E-state index is 12.3. The zero-order valence-corrected chi connectivity index (χ0v) is 18.7. The number of amides is 1. The molecule has 0 aliphatic rings. The van der Waals surface area contributed by atoms with Gasteiger partial charge in [-0.1, -0.05) is 6.07 Å². The third kappa shape index (κ3) is 6.70. The average molecular weight is 462 g/mol. The third-order valence-corrected chi connectivity index (χ3v) is 7.64. The predicted octanol–water partition coefficient (Wildman–Crippen LogP) is 2.17. The third-order valence-electron chi connectivity index (χ3n) is 3.82. The standard InChI is InChI=1S/C17H23N3O6S3/c1-20(29(24,25)17-7-5-11-27-17)10-4-6-16(21)18-13-8-9-15(26-2)14(12-13)19-28(3,22)23/h5,7-9,11-12,19H,4,6,10H2,1-3H3,(H,18,21). The molecule has 0 spiro atoms. The Morgan fingerprint density at radius 2 is 1.93 bits per heavy atom. The SMILES string of the molecule is COc1ccc(NC(=O)CCCN(C)S(=O)(=O)c2cccs2)cc1NS(C)(=O)=O. The van der Waals surface area contributed by atoms with E-state index in [1.54, 1.807) is 17.5 Å². The predicted molar refractivity (Wildman–Crippen MR) is 113 cm³/mol. The second-order valence-corrected chi connectivity index (χ2v) is 11.2. The molecule has 0 aliphatic heterocycles. The van der Waals surface area contributed by atoms with Gasteiger partial charge in [-0.2, -0.15) is 0 Å². The summed E-state index contributed by atoms with van der Waals surface area (Å²) in [5, 5.41) is 4.35. The van der Waals surface area contributed by atoms with Gasteiger partial charge in [0.1, 0.15) is 9.96 Å². The first kappa shape index (κ1) is 23.1. The molecule has 2 aromatic rings. The Bertz CT molecular complexity index is 1050. The van der Waals surface area contributed by atoms with Crippen molar-refractivity contribution in [3.8, 4) is 5.75 Å².